The third kappa shape index (κ3) is 1.41. The van der Waals surface area contributed by atoms with Crippen LogP contribution in [0.4, 0.5) is 0 Å². The molecule has 1 aliphatic rings. The molecule has 72 valence electrons. The van der Waals surface area contributed by atoms with Crippen molar-refractivity contribution in [2.45, 2.75) is 6.54 Å². The predicted octanol–water partition coefficient (Wildman–Crippen LogP) is -0.760. The largest absolute Gasteiger partial charge is 0.269 e. The molecule has 1 aromatic heterocycles. The zero-order chi connectivity index (χ0) is 10.1. The van der Waals surface area contributed by atoms with Gasteiger partial charge in [0.1, 0.15) is 6.33 Å². The van der Waals surface area contributed by atoms with Gasteiger partial charge in [0.2, 0.25) is 0 Å². The number of hydrogen-bond donors (Lipinski definition) is 0. The molecular formula is C8H8N4O2. The van der Waals surface area contributed by atoms with Crippen molar-refractivity contribution in [1.82, 2.24) is 19.7 Å². The highest BCUT2D eigenvalue weighted by Gasteiger charge is 2.24. The first-order chi connectivity index (χ1) is 6.66. The van der Waals surface area contributed by atoms with E-state index >= 15 is 0 Å². The fourth-order valence-corrected chi connectivity index (χ4v) is 1.18. The van der Waals surface area contributed by atoms with Crippen LogP contribution in [-0.2, 0) is 23.2 Å². The van der Waals surface area contributed by atoms with Crippen molar-refractivity contribution in [3.8, 4) is 0 Å². The standard InChI is InChI=1S/C8H8N4O2/c1-11-5-9-6(10-11)4-12-7(13)2-3-8(12)14/h2-3,5H,4H2,1H3. The average Bonchev–Trinajstić information content (AvgIpc) is 2.67. The highest BCUT2D eigenvalue weighted by atomic mass is 16.2. The van der Waals surface area contributed by atoms with Gasteiger partial charge in [-0.05, 0) is 0 Å². The van der Waals surface area contributed by atoms with E-state index in [1.807, 2.05) is 0 Å². The van der Waals surface area contributed by atoms with Crippen LogP contribution in [0.25, 0.3) is 0 Å². The number of aromatic nitrogens is 3. The molecule has 0 aromatic carbocycles. The van der Waals surface area contributed by atoms with Crippen LogP contribution in [0, 0.1) is 0 Å². The van der Waals surface area contributed by atoms with Crippen molar-refractivity contribution in [2.75, 3.05) is 0 Å². The first-order valence-corrected chi connectivity index (χ1v) is 4.05. The van der Waals surface area contributed by atoms with Crippen LogP contribution < -0.4 is 0 Å². The van der Waals surface area contributed by atoms with E-state index in [1.54, 1.807) is 7.05 Å². The zero-order valence-electron chi connectivity index (χ0n) is 7.54. The molecule has 2 amide bonds. The number of carbonyl (C=O) groups excluding carboxylic acids is 2. The number of carbonyl (C=O) groups is 2. The van der Waals surface area contributed by atoms with Gasteiger partial charge < -0.3 is 0 Å². The molecule has 1 aromatic rings. The Hall–Kier alpha value is -1.98. The lowest BCUT2D eigenvalue weighted by Gasteiger charge is -2.10. The molecule has 0 unspecified atom stereocenters. The van der Waals surface area contributed by atoms with Crippen LogP contribution in [0.15, 0.2) is 18.5 Å². The van der Waals surface area contributed by atoms with Gasteiger partial charge in [-0.1, -0.05) is 0 Å². The summed E-state index contributed by atoms with van der Waals surface area (Å²) in [5, 5.41) is 3.97. The highest BCUT2D eigenvalue weighted by molar-refractivity contribution is 6.12. The van der Waals surface area contributed by atoms with Crippen LogP contribution in [0.5, 0.6) is 0 Å². The molecule has 1 aliphatic heterocycles. The molecule has 0 spiro atoms. The van der Waals surface area contributed by atoms with Gasteiger partial charge in [0.15, 0.2) is 5.82 Å². The summed E-state index contributed by atoms with van der Waals surface area (Å²) in [7, 11) is 1.72. The number of imide groups is 1. The van der Waals surface area contributed by atoms with Crippen molar-refractivity contribution >= 4 is 11.8 Å². The summed E-state index contributed by atoms with van der Waals surface area (Å²) >= 11 is 0. The fraction of sp³-hybridized carbons (Fsp3) is 0.250. The van der Waals surface area contributed by atoms with Crippen LogP contribution in [0.2, 0.25) is 0 Å². The van der Waals surface area contributed by atoms with Gasteiger partial charge in [0.25, 0.3) is 11.8 Å². The van der Waals surface area contributed by atoms with Crippen molar-refractivity contribution < 1.29 is 9.59 Å². The smallest absolute Gasteiger partial charge is 0.254 e. The zero-order valence-corrected chi connectivity index (χ0v) is 7.54. The Kier molecular flexibility index (Phi) is 1.88. The van der Waals surface area contributed by atoms with Crippen LogP contribution in [0.3, 0.4) is 0 Å². The third-order valence-electron chi connectivity index (χ3n) is 1.85. The first-order valence-electron chi connectivity index (χ1n) is 4.05. The Morgan fingerprint density at radius 1 is 1.29 bits per heavy atom. The molecule has 0 bridgehead atoms. The Labute approximate surface area is 79.8 Å². The van der Waals surface area contributed by atoms with Gasteiger partial charge in [-0.3, -0.25) is 19.2 Å². The molecule has 0 aliphatic carbocycles. The lowest BCUT2D eigenvalue weighted by atomic mass is 10.5. The van der Waals surface area contributed by atoms with Crippen molar-refractivity contribution in [3.05, 3.63) is 24.3 Å². The fourth-order valence-electron chi connectivity index (χ4n) is 1.18. The lowest BCUT2D eigenvalue weighted by molar-refractivity contribution is -0.137. The van der Waals surface area contributed by atoms with Gasteiger partial charge in [-0.15, -0.1) is 0 Å². The lowest BCUT2D eigenvalue weighted by Crippen LogP contribution is -2.29. The van der Waals surface area contributed by atoms with E-state index in [2.05, 4.69) is 10.1 Å². The van der Waals surface area contributed by atoms with E-state index in [9.17, 15) is 9.59 Å². The van der Waals surface area contributed by atoms with Gasteiger partial charge in [-0.25, -0.2) is 4.98 Å². The molecule has 2 heterocycles. The average molecular weight is 192 g/mol. The summed E-state index contributed by atoms with van der Waals surface area (Å²) in [6.45, 7) is 0.130. The number of amides is 2. The summed E-state index contributed by atoms with van der Waals surface area (Å²) in [5.41, 5.74) is 0. The second-order valence-corrected chi connectivity index (χ2v) is 2.93. The maximum Gasteiger partial charge on any atom is 0.254 e. The molecular weight excluding hydrogens is 184 g/mol. The molecule has 6 nitrogen and oxygen atoms in total. The van der Waals surface area contributed by atoms with E-state index in [1.165, 1.54) is 23.2 Å². The Morgan fingerprint density at radius 2 is 1.93 bits per heavy atom. The van der Waals surface area contributed by atoms with Crippen molar-refractivity contribution in [3.63, 3.8) is 0 Å². The van der Waals surface area contributed by atoms with E-state index in [0.717, 1.165) is 4.90 Å². The molecule has 0 atom stereocenters. The second-order valence-electron chi connectivity index (χ2n) is 2.93. The predicted molar refractivity (Wildman–Crippen MR) is 45.7 cm³/mol. The number of rotatable bonds is 2. The Balaban J connectivity index is 2.12. The molecule has 0 saturated heterocycles. The summed E-state index contributed by atoms with van der Waals surface area (Å²) in [6.07, 6.45) is 4.00. The van der Waals surface area contributed by atoms with Crippen LogP contribution in [-0.4, -0.2) is 31.5 Å². The quantitative estimate of drug-likeness (QED) is 0.577. The van der Waals surface area contributed by atoms with Crippen molar-refractivity contribution in [1.29, 1.82) is 0 Å². The molecule has 2 rings (SSSR count). The van der Waals surface area contributed by atoms with Gasteiger partial charge in [-0.2, -0.15) is 5.10 Å². The summed E-state index contributed by atoms with van der Waals surface area (Å²) in [5.74, 6) is -0.178. The van der Waals surface area contributed by atoms with E-state index < -0.39 is 0 Å². The Bertz CT molecular complexity index is 403. The number of hydrogen-bond acceptors (Lipinski definition) is 4. The summed E-state index contributed by atoms with van der Waals surface area (Å²) < 4.78 is 1.52. The first kappa shape index (κ1) is 8.61. The maximum absolute atomic E-state index is 11.2. The SMILES string of the molecule is Cn1cnc(CN2C(=O)C=CC2=O)n1. The van der Waals surface area contributed by atoms with E-state index in [-0.39, 0.29) is 18.4 Å². The maximum atomic E-state index is 11.2. The minimum absolute atomic E-state index is 0.130. The minimum atomic E-state index is -0.317. The number of aryl methyl sites for hydroxylation is 1. The minimum Gasteiger partial charge on any atom is -0.269 e. The van der Waals surface area contributed by atoms with E-state index in [4.69, 9.17) is 0 Å². The number of nitrogens with zero attached hydrogens (tertiary/aromatic N) is 4. The molecule has 6 heteroatoms. The van der Waals surface area contributed by atoms with Crippen molar-refractivity contribution in [2.24, 2.45) is 7.05 Å². The monoisotopic (exact) mass is 192 g/mol. The van der Waals surface area contributed by atoms with Gasteiger partial charge >= 0.3 is 0 Å². The summed E-state index contributed by atoms with van der Waals surface area (Å²) in [4.78, 5) is 27.3. The van der Waals surface area contributed by atoms with E-state index in [0.29, 0.717) is 5.82 Å². The normalized spacial score (nSPS) is 15.6. The highest BCUT2D eigenvalue weighted by Crippen LogP contribution is 2.06. The topological polar surface area (TPSA) is 68.1 Å². The molecule has 0 fully saturated rings. The van der Waals surface area contributed by atoms with Crippen LogP contribution in [0.1, 0.15) is 5.82 Å². The van der Waals surface area contributed by atoms with Gasteiger partial charge in [0.05, 0.1) is 6.54 Å². The molecule has 14 heavy (non-hydrogen) atoms. The third-order valence-corrected chi connectivity index (χ3v) is 1.85. The summed E-state index contributed by atoms with van der Waals surface area (Å²) in [6, 6.07) is 0. The second kappa shape index (κ2) is 3.06. The Morgan fingerprint density at radius 3 is 2.43 bits per heavy atom. The molecule has 0 N–H and O–H groups in total. The molecule has 0 saturated carbocycles. The molecule has 0 radical (unpaired) electrons. The van der Waals surface area contributed by atoms with Crippen LogP contribution >= 0.6 is 0 Å². The van der Waals surface area contributed by atoms with Gasteiger partial charge in [0, 0.05) is 19.2 Å².